The molecular weight excluding hydrogens is 248 g/mol. The molecule has 0 spiro atoms. The van der Waals surface area contributed by atoms with E-state index in [2.05, 4.69) is 16.0 Å². The van der Waals surface area contributed by atoms with Gasteiger partial charge in [-0.15, -0.1) is 0 Å². The van der Waals surface area contributed by atoms with Gasteiger partial charge in [-0.05, 0) is 37.5 Å². The van der Waals surface area contributed by atoms with E-state index in [1.165, 1.54) is 12.8 Å². The highest BCUT2D eigenvalue weighted by molar-refractivity contribution is 5.66. The summed E-state index contributed by atoms with van der Waals surface area (Å²) in [6.07, 6.45) is 4.21. The van der Waals surface area contributed by atoms with Gasteiger partial charge >= 0.3 is 0 Å². The van der Waals surface area contributed by atoms with Crippen LogP contribution in [0.25, 0.3) is 11.1 Å². The van der Waals surface area contributed by atoms with Gasteiger partial charge in [-0.25, -0.2) is 9.97 Å². The summed E-state index contributed by atoms with van der Waals surface area (Å²) in [5.41, 5.74) is 9.53. The molecule has 0 amide bonds. The van der Waals surface area contributed by atoms with Gasteiger partial charge < -0.3 is 5.73 Å². The Morgan fingerprint density at radius 3 is 2.55 bits per heavy atom. The highest BCUT2D eigenvalue weighted by atomic mass is 14.9. The van der Waals surface area contributed by atoms with Crippen LogP contribution in [0.3, 0.4) is 0 Å². The molecule has 1 aromatic carbocycles. The largest absolute Gasteiger partial charge is 0.323 e. The first-order valence-corrected chi connectivity index (χ1v) is 6.82. The zero-order chi connectivity index (χ0) is 14.1. The molecule has 0 radical (unpaired) electrons. The summed E-state index contributed by atoms with van der Waals surface area (Å²) in [6.45, 7) is 1.94. The highest BCUT2D eigenvalue weighted by Crippen LogP contribution is 2.39. The third kappa shape index (κ3) is 2.40. The molecule has 1 aliphatic rings. The molecule has 4 nitrogen and oxygen atoms in total. The Balaban J connectivity index is 2.04. The number of rotatable bonds is 3. The zero-order valence-corrected chi connectivity index (χ0v) is 11.4. The van der Waals surface area contributed by atoms with E-state index in [1.54, 1.807) is 12.1 Å². The number of aromatic nitrogens is 2. The number of hydrogen-bond donors (Lipinski definition) is 1. The van der Waals surface area contributed by atoms with Gasteiger partial charge in [-0.1, -0.05) is 12.1 Å². The highest BCUT2D eigenvalue weighted by Gasteiger charge is 2.27. The zero-order valence-electron chi connectivity index (χ0n) is 11.4. The number of benzene rings is 1. The van der Waals surface area contributed by atoms with Crippen LogP contribution in [0.1, 0.15) is 48.8 Å². The van der Waals surface area contributed by atoms with Crippen LogP contribution in [0.4, 0.5) is 0 Å². The number of hydrogen-bond acceptors (Lipinski definition) is 4. The normalized spacial score (nSPS) is 15.7. The van der Waals surface area contributed by atoms with E-state index in [-0.39, 0.29) is 6.04 Å². The minimum absolute atomic E-state index is 0.138. The first-order chi connectivity index (χ1) is 9.69. The lowest BCUT2D eigenvalue weighted by Crippen LogP contribution is -2.11. The van der Waals surface area contributed by atoms with E-state index < -0.39 is 0 Å². The first-order valence-electron chi connectivity index (χ1n) is 6.82. The third-order valence-corrected chi connectivity index (χ3v) is 3.54. The minimum atomic E-state index is -0.138. The van der Waals surface area contributed by atoms with Gasteiger partial charge in [0.25, 0.3) is 0 Å². The van der Waals surface area contributed by atoms with E-state index in [0.29, 0.717) is 11.5 Å². The number of nitrogens with two attached hydrogens (primary N) is 1. The monoisotopic (exact) mass is 264 g/mol. The van der Waals surface area contributed by atoms with Crippen molar-refractivity contribution in [1.29, 1.82) is 5.26 Å². The fraction of sp³-hybridized carbons (Fsp3) is 0.312. The molecule has 1 aromatic heterocycles. The Bertz CT molecular complexity index is 664. The van der Waals surface area contributed by atoms with Gasteiger partial charge in [0.15, 0.2) is 0 Å². The van der Waals surface area contributed by atoms with Crippen molar-refractivity contribution in [1.82, 2.24) is 9.97 Å². The van der Waals surface area contributed by atoms with Crippen molar-refractivity contribution in [3.05, 3.63) is 47.5 Å². The second-order valence-electron chi connectivity index (χ2n) is 5.28. The first kappa shape index (κ1) is 12.8. The molecule has 1 saturated carbocycles. The lowest BCUT2D eigenvalue weighted by molar-refractivity contribution is 0.756. The molecule has 0 aliphatic heterocycles. The van der Waals surface area contributed by atoms with Crippen LogP contribution in [0.15, 0.2) is 30.5 Å². The summed E-state index contributed by atoms with van der Waals surface area (Å²) in [5, 5.41) is 8.85. The smallest absolute Gasteiger partial charge is 0.131 e. The van der Waals surface area contributed by atoms with Crippen LogP contribution in [-0.2, 0) is 0 Å². The maximum atomic E-state index is 8.85. The standard InChI is InChI=1S/C16H16N4/c1-10(18)15-14(9-19-16(20-15)13-6-7-13)12-4-2-11(8-17)3-5-12/h2-5,9-10,13H,6-7,18H2,1H3/t10-/m1/s1. The van der Waals surface area contributed by atoms with Gasteiger partial charge in [0.1, 0.15) is 5.82 Å². The Labute approximate surface area is 118 Å². The van der Waals surface area contributed by atoms with Crippen LogP contribution in [0, 0.1) is 11.3 Å². The van der Waals surface area contributed by atoms with Crippen LogP contribution < -0.4 is 5.73 Å². The summed E-state index contributed by atoms with van der Waals surface area (Å²) < 4.78 is 0. The van der Waals surface area contributed by atoms with E-state index in [1.807, 2.05) is 25.3 Å². The van der Waals surface area contributed by atoms with Crippen LogP contribution in [0.2, 0.25) is 0 Å². The van der Waals surface area contributed by atoms with Crippen LogP contribution in [0.5, 0.6) is 0 Å². The van der Waals surface area contributed by atoms with Crippen molar-refractivity contribution < 1.29 is 0 Å². The van der Waals surface area contributed by atoms with Gasteiger partial charge in [0.2, 0.25) is 0 Å². The van der Waals surface area contributed by atoms with E-state index in [4.69, 9.17) is 11.0 Å². The van der Waals surface area contributed by atoms with Gasteiger partial charge in [-0.2, -0.15) is 5.26 Å². The molecule has 0 saturated heterocycles. The van der Waals surface area contributed by atoms with Crippen LogP contribution >= 0.6 is 0 Å². The molecule has 0 unspecified atom stereocenters. The molecule has 1 heterocycles. The van der Waals surface area contributed by atoms with Crippen molar-refractivity contribution in [3.63, 3.8) is 0 Å². The average Bonchev–Trinajstić information content (AvgIpc) is 3.31. The summed E-state index contributed by atoms with van der Waals surface area (Å²) in [6, 6.07) is 9.42. The predicted octanol–water partition coefficient (Wildman–Crippen LogP) is 2.91. The maximum Gasteiger partial charge on any atom is 0.131 e. The predicted molar refractivity (Wildman–Crippen MR) is 76.8 cm³/mol. The number of nitrogens with zero attached hydrogens (tertiary/aromatic N) is 3. The third-order valence-electron chi connectivity index (χ3n) is 3.54. The maximum absolute atomic E-state index is 8.85. The molecule has 2 aromatic rings. The summed E-state index contributed by atoms with van der Waals surface area (Å²) in [5.74, 6) is 1.43. The lowest BCUT2D eigenvalue weighted by Gasteiger charge is -2.13. The SMILES string of the molecule is C[C@@H](N)c1nc(C2CC2)ncc1-c1ccc(C#N)cc1. The molecule has 1 fully saturated rings. The summed E-state index contributed by atoms with van der Waals surface area (Å²) >= 11 is 0. The van der Waals surface area contributed by atoms with Crippen molar-refractivity contribution in [3.8, 4) is 17.2 Å². The van der Waals surface area contributed by atoms with Gasteiger partial charge in [0, 0.05) is 23.7 Å². The minimum Gasteiger partial charge on any atom is -0.323 e. The van der Waals surface area contributed by atoms with E-state index in [9.17, 15) is 0 Å². The van der Waals surface area contributed by atoms with Crippen molar-refractivity contribution in [2.24, 2.45) is 5.73 Å². The van der Waals surface area contributed by atoms with Crippen molar-refractivity contribution in [2.45, 2.75) is 31.7 Å². The average molecular weight is 264 g/mol. The molecule has 3 rings (SSSR count). The second kappa shape index (κ2) is 5.03. The van der Waals surface area contributed by atoms with E-state index in [0.717, 1.165) is 22.6 Å². The molecular formula is C16H16N4. The summed E-state index contributed by atoms with van der Waals surface area (Å²) in [7, 11) is 0. The Morgan fingerprint density at radius 1 is 1.30 bits per heavy atom. The molecule has 1 aliphatic carbocycles. The Morgan fingerprint density at radius 2 is 2.00 bits per heavy atom. The molecule has 4 heteroatoms. The number of nitriles is 1. The van der Waals surface area contributed by atoms with Crippen LogP contribution in [-0.4, -0.2) is 9.97 Å². The topological polar surface area (TPSA) is 75.6 Å². The van der Waals surface area contributed by atoms with Gasteiger partial charge in [-0.3, -0.25) is 0 Å². The Kier molecular flexibility index (Phi) is 3.21. The Hall–Kier alpha value is -2.25. The molecule has 1 atom stereocenters. The van der Waals surface area contributed by atoms with Crippen molar-refractivity contribution in [2.75, 3.05) is 0 Å². The van der Waals surface area contributed by atoms with Crippen molar-refractivity contribution >= 4 is 0 Å². The quantitative estimate of drug-likeness (QED) is 0.924. The summed E-state index contributed by atoms with van der Waals surface area (Å²) in [4.78, 5) is 9.12. The second-order valence-corrected chi connectivity index (χ2v) is 5.28. The molecule has 20 heavy (non-hydrogen) atoms. The molecule has 2 N–H and O–H groups in total. The fourth-order valence-corrected chi connectivity index (χ4v) is 2.24. The fourth-order valence-electron chi connectivity index (χ4n) is 2.24. The molecule has 100 valence electrons. The van der Waals surface area contributed by atoms with E-state index >= 15 is 0 Å². The lowest BCUT2D eigenvalue weighted by atomic mass is 10.0. The van der Waals surface area contributed by atoms with Gasteiger partial charge in [0.05, 0.1) is 17.3 Å². The molecule has 0 bridgehead atoms.